The predicted molar refractivity (Wildman–Crippen MR) is 57.6 cm³/mol. The Morgan fingerprint density at radius 2 is 1.87 bits per heavy atom. The average Bonchev–Trinajstić information content (AvgIpc) is 2.84. The lowest BCUT2D eigenvalue weighted by atomic mass is 9.86. The van der Waals surface area contributed by atoms with Crippen LogP contribution in [0.4, 0.5) is 0 Å². The molecule has 86 valence electrons. The largest absolute Gasteiger partial charge is 0.392 e. The van der Waals surface area contributed by atoms with Gasteiger partial charge in [0.1, 0.15) is 0 Å². The third-order valence-corrected chi connectivity index (χ3v) is 4.61. The zero-order valence-electron chi connectivity index (χ0n) is 9.27. The highest BCUT2D eigenvalue weighted by Crippen LogP contribution is 2.48. The van der Waals surface area contributed by atoms with Crippen molar-refractivity contribution in [2.24, 2.45) is 17.8 Å². The van der Waals surface area contributed by atoms with Crippen LogP contribution in [0.3, 0.4) is 0 Å². The summed E-state index contributed by atoms with van der Waals surface area (Å²) in [5, 5.41) is 10.2. The van der Waals surface area contributed by atoms with Gasteiger partial charge in [-0.1, -0.05) is 0 Å². The minimum Gasteiger partial charge on any atom is -0.392 e. The molecule has 0 unspecified atom stereocenters. The molecule has 0 aromatic carbocycles. The topological polar surface area (TPSA) is 32.7 Å². The molecule has 2 bridgehead atoms. The summed E-state index contributed by atoms with van der Waals surface area (Å²) in [4.78, 5) is 2.47. The second-order valence-electron chi connectivity index (χ2n) is 5.40. The molecule has 0 spiro atoms. The van der Waals surface area contributed by atoms with Crippen molar-refractivity contribution in [3.8, 4) is 0 Å². The van der Waals surface area contributed by atoms with Crippen molar-refractivity contribution in [2.45, 2.75) is 25.4 Å². The van der Waals surface area contributed by atoms with E-state index < -0.39 is 0 Å². The molecule has 0 aromatic heterocycles. The molecule has 3 aliphatic rings. The van der Waals surface area contributed by atoms with E-state index >= 15 is 0 Å². The number of nitrogens with zero attached hydrogens (tertiary/aromatic N) is 1. The number of fused-ring (bicyclic) bond motifs is 2. The SMILES string of the molecule is O[C@@H]1[C@H]2CC[C@@H](C2)[C@H]1CN1CCOCC1. The number of hydrogen-bond acceptors (Lipinski definition) is 3. The maximum absolute atomic E-state index is 10.2. The van der Waals surface area contributed by atoms with Crippen molar-refractivity contribution in [2.75, 3.05) is 32.8 Å². The third kappa shape index (κ3) is 1.81. The van der Waals surface area contributed by atoms with Gasteiger partial charge in [-0.15, -0.1) is 0 Å². The van der Waals surface area contributed by atoms with E-state index in [4.69, 9.17) is 4.74 Å². The quantitative estimate of drug-likeness (QED) is 0.731. The summed E-state index contributed by atoms with van der Waals surface area (Å²) in [6.45, 7) is 4.96. The summed E-state index contributed by atoms with van der Waals surface area (Å²) in [5.74, 6) is 2.00. The first-order valence-corrected chi connectivity index (χ1v) is 6.33. The van der Waals surface area contributed by atoms with Crippen LogP contribution in [0.25, 0.3) is 0 Å². The standard InChI is InChI=1S/C12H21NO2/c14-12-10-2-1-9(7-10)11(12)8-13-3-5-15-6-4-13/h9-12,14H,1-8H2/t9-,10-,11+,12+/m0/s1. The zero-order valence-corrected chi connectivity index (χ0v) is 9.27. The molecular weight excluding hydrogens is 190 g/mol. The van der Waals surface area contributed by atoms with Crippen molar-refractivity contribution in [1.29, 1.82) is 0 Å². The van der Waals surface area contributed by atoms with Gasteiger partial charge in [-0.3, -0.25) is 4.90 Å². The van der Waals surface area contributed by atoms with E-state index in [9.17, 15) is 5.11 Å². The van der Waals surface area contributed by atoms with Crippen molar-refractivity contribution in [1.82, 2.24) is 4.90 Å². The highest BCUT2D eigenvalue weighted by molar-refractivity contribution is 4.97. The normalized spacial score (nSPS) is 46.2. The fourth-order valence-electron chi connectivity index (χ4n) is 3.72. The van der Waals surface area contributed by atoms with Crippen molar-refractivity contribution in [3.05, 3.63) is 0 Å². The van der Waals surface area contributed by atoms with Crippen LogP contribution in [-0.4, -0.2) is 49.0 Å². The van der Waals surface area contributed by atoms with Crippen LogP contribution in [-0.2, 0) is 4.74 Å². The van der Waals surface area contributed by atoms with Gasteiger partial charge < -0.3 is 9.84 Å². The van der Waals surface area contributed by atoms with Gasteiger partial charge in [-0.25, -0.2) is 0 Å². The van der Waals surface area contributed by atoms with Gasteiger partial charge in [0, 0.05) is 25.6 Å². The first-order valence-electron chi connectivity index (χ1n) is 6.33. The number of rotatable bonds is 2. The first kappa shape index (κ1) is 10.1. The Labute approximate surface area is 91.4 Å². The lowest BCUT2D eigenvalue weighted by molar-refractivity contribution is -0.00240. The van der Waals surface area contributed by atoms with E-state index in [0.29, 0.717) is 11.8 Å². The Morgan fingerprint density at radius 3 is 2.53 bits per heavy atom. The summed E-state index contributed by atoms with van der Waals surface area (Å²) < 4.78 is 5.35. The van der Waals surface area contributed by atoms with Gasteiger partial charge in [0.05, 0.1) is 19.3 Å². The van der Waals surface area contributed by atoms with Gasteiger partial charge >= 0.3 is 0 Å². The first-order chi connectivity index (χ1) is 7.34. The maximum Gasteiger partial charge on any atom is 0.0611 e. The smallest absolute Gasteiger partial charge is 0.0611 e. The highest BCUT2D eigenvalue weighted by atomic mass is 16.5. The number of aliphatic hydroxyl groups is 1. The number of ether oxygens (including phenoxy) is 1. The Hall–Kier alpha value is -0.120. The van der Waals surface area contributed by atoms with Gasteiger partial charge in [0.2, 0.25) is 0 Å². The van der Waals surface area contributed by atoms with Crippen LogP contribution in [0.5, 0.6) is 0 Å². The molecule has 0 aromatic rings. The van der Waals surface area contributed by atoms with Crippen molar-refractivity contribution in [3.63, 3.8) is 0 Å². The molecule has 3 heteroatoms. The van der Waals surface area contributed by atoms with Crippen LogP contribution in [0.1, 0.15) is 19.3 Å². The zero-order chi connectivity index (χ0) is 10.3. The molecule has 1 saturated heterocycles. The minimum absolute atomic E-state index is 0.00778. The Morgan fingerprint density at radius 1 is 1.13 bits per heavy atom. The van der Waals surface area contributed by atoms with E-state index in [1.807, 2.05) is 0 Å². The molecule has 1 N–H and O–H groups in total. The molecule has 3 rings (SSSR count). The molecule has 1 heterocycles. The Bertz CT molecular complexity index is 226. The fraction of sp³-hybridized carbons (Fsp3) is 1.00. The van der Waals surface area contributed by atoms with Crippen molar-refractivity contribution < 1.29 is 9.84 Å². The Balaban J connectivity index is 1.58. The predicted octanol–water partition coefficient (Wildman–Crippen LogP) is 0.726. The monoisotopic (exact) mass is 211 g/mol. The molecule has 3 nitrogen and oxygen atoms in total. The minimum atomic E-state index is -0.00778. The molecule has 4 atom stereocenters. The lowest BCUT2D eigenvalue weighted by Gasteiger charge is -2.34. The average molecular weight is 211 g/mol. The summed E-state index contributed by atoms with van der Waals surface area (Å²) in [7, 11) is 0. The van der Waals surface area contributed by atoms with Gasteiger partial charge in [0.15, 0.2) is 0 Å². The van der Waals surface area contributed by atoms with E-state index in [1.54, 1.807) is 0 Å². The number of hydrogen-bond donors (Lipinski definition) is 1. The molecule has 2 saturated carbocycles. The van der Waals surface area contributed by atoms with Crippen LogP contribution in [0.15, 0.2) is 0 Å². The van der Waals surface area contributed by atoms with Gasteiger partial charge in [0.25, 0.3) is 0 Å². The number of aliphatic hydroxyl groups excluding tert-OH is 1. The van der Waals surface area contributed by atoms with E-state index in [-0.39, 0.29) is 6.10 Å². The van der Waals surface area contributed by atoms with Crippen LogP contribution in [0.2, 0.25) is 0 Å². The second kappa shape index (κ2) is 4.04. The molecule has 0 amide bonds. The summed E-state index contributed by atoms with van der Waals surface area (Å²) >= 11 is 0. The lowest BCUT2D eigenvalue weighted by Crippen LogP contribution is -2.43. The van der Waals surface area contributed by atoms with E-state index in [2.05, 4.69) is 4.90 Å². The maximum atomic E-state index is 10.2. The molecule has 3 fully saturated rings. The van der Waals surface area contributed by atoms with Crippen molar-refractivity contribution >= 4 is 0 Å². The van der Waals surface area contributed by atoms with Crippen LogP contribution >= 0.6 is 0 Å². The molecule has 1 aliphatic heterocycles. The number of morpholine rings is 1. The summed E-state index contributed by atoms with van der Waals surface area (Å²) in [5.41, 5.74) is 0. The van der Waals surface area contributed by atoms with Crippen LogP contribution < -0.4 is 0 Å². The van der Waals surface area contributed by atoms with E-state index in [0.717, 1.165) is 38.8 Å². The molecule has 2 aliphatic carbocycles. The summed E-state index contributed by atoms with van der Waals surface area (Å²) in [6.07, 6.45) is 3.91. The van der Waals surface area contributed by atoms with Gasteiger partial charge in [-0.2, -0.15) is 0 Å². The molecular formula is C12H21NO2. The summed E-state index contributed by atoms with van der Waals surface area (Å²) in [6, 6.07) is 0. The fourth-order valence-corrected chi connectivity index (χ4v) is 3.72. The van der Waals surface area contributed by atoms with Gasteiger partial charge in [-0.05, 0) is 31.1 Å². The third-order valence-electron chi connectivity index (χ3n) is 4.61. The Kier molecular flexibility index (Phi) is 2.71. The molecule has 15 heavy (non-hydrogen) atoms. The molecule has 0 radical (unpaired) electrons. The highest BCUT2D eigenvalue weighted by Gasteiger charge is 2.46. The second-order valence-corrected chi connectivity index (χ2v) is 5.40. The van der Waals surface area contributed by atoms with E-state index in [1.165, 1.54) is 19.3 Å². The van der Waals surface area contributed by atoms with Crippen LogP contribution in [0, 0.1) is 17.8 Å².